The van der Waals surface area contributed by atoms with E-state index in [1.807, 2.05) is 6.92 Å². The normalized spacial score (nSPS) is 11.9. The average Bonchev–Trinajstić information content (AvgIpc) is 2.26. The van der Waals surface area contributed by atoms with E-state index in [1.165, 1.54) is 16.8 Å². The van der Waals surface area contributed by atoms with Crippen LogP contribution in [-0.2, 0) is 11.2 Å². The molecule has 0 amide bonds. The van der Waals surface area contributed by atoms with Crippen molar-refractivity contribution in [3.05, 3.63) is 29.3 Å². The molecule has 0 aliphatic carbocycles. The van der Waals surface area contributed by atoms with Gasteiger partial charge in [0.15, 0.2) is 0 Å². The minimum Gasteiger partial charge on any atom is -0.327 e. The van der Waals surface area contributed by atoms with E-state index in [-0.39, 0.29) is 0 Å². The van der Waals surface area contributed by atoms with E-state index in [1.54, 1.807) is 7.11 Å². The van der Waals surface area contributed by atoms with Gasteiger partial charge in [0.2, 0.25) is 5.69 Å². The lowest BCUT2D eigenvalue weighted by Crippen LogP contribution is -2.12. The molecule has 2 nitrogen and oxygen atoms in total. The second-order valence-electron chi connectivity index (χ2n) is 3.58. The van der Waals surface area contributed by atoms with Gasteiger partial charge in [0.25, 0.3) is 6.73 Å². The van der Waals surface area contributed by atoms with E-state index >= 15 is 0 Å². The number of nitrogens with zero attached hydrogens (tertiary/aromatic N) is 1. The second-order valence-corrected chi connectivity index (χ2v) is 3.58. The number of hydrogen-bond donors (Lipinski definition) is 0. The lowest BCUT2D eigenvalue weighted by atomic mass is 10.1. The highest BCUT2D eigenvalue weighted by molar-refractivity contribution is 5.54. The molecule has 0 aliphatic heterocycles. The van der Waals surface area contributed by atoms with Gasteiger partial charge >= 0.3 is 0 Å². The van der Waals surface area contributed by atoms with Gasteiger partial charge in [0.05, 0.1) is 0 Å². The molecule has 2 heteroatoms. The number of ether oxygens (including phenoxy) is 1. The van der Waals surface area contributed by atoms with Gasteiger partial charge in [-0.05, 0) is 13.3 Å². The topological polar surface area (TPSA) is 12.2 Å². The first kappa shape index (κ1) is 11.9. The Labute approximate surface area is 92.2 Å². The van der Waals surface area contributed by atoms with Crippen molar-refractivity contribution in [3.8, 4) is 0 Å². The van der Waals surface area contributed by atoms with Crippen molar-refractivity contribution in [1.82, 2.24) is 0 Å². The molecule has 0 radical (unpaired) electrons. The Kier molecular flexibility index (Phi) is 4.50. The van der Waals surface area contributed by atoms with Gasteiger partial charge in [0, 0.05) is 25.2 Å². The highest BCUT2D eigenvalue weighted by atomic mass is 16.5. The first-order chi connectivity index (χ1) is 7.24. The molecule has 1 aromatic carbocycles. The number of methoxy groups -OCH3 is 1. The van der Waals surface area contributed by atoms with Crippen molar-refractivity contribution >= 4 is 11.9 Å². The van der Waals surface area contributed by atoms with Crippen LogP contribution in [0, 0.1) is 6.92 Å². The van der Waals surface area contributed by atoms with Crippen molar-refractivity contribution in [1.29, 1.82) is 0 Å². The van der Waals surface area contributed by atoms with Crippen LogP contribution in [0.4, 0.5) is 5.69 Å². The van der Waals surface area contributed by atoms with Crippen LogP contribution in [0.15, 0.2) is 18.2 Å². The fourth-order valence-corrected chi connectivity index (χ4v) is 1.82. The predicted octanol–water partition coefficient (Wildman–Crippen LogP) is 2.90. The van der Waals surface area contributed by atoms with Crippen LogP contribution in [-0.4, -0.2) is 24.6 Å². The molecule has 0 saturated carbocycles. The maximum absolute atomic E-state index is 5.20. The molecule has 0 unspecified atom stereocenters. The number of hydrogen-bond acceptors (Lipinski definition) is 1. The third kappa shape index (κ3) is 2.66. The second kappa shape index (κ2) is 5.66. The molecular formula is C13H20NO+. The highest BCUT2D eigenvalue weighted by Gasteiger charge is 2.15. The summed E-state index contributed by atoms with van der Waals surface area (Å²) in [6.07, 6.45) is 3.11. The first-order valence-electron chi connectivity index (χ1n) is 5.38. The summed E-state index contributed by atoms with van der Waals surface area (Å²) in [4.78, 5) is 0. The van der Waals surface area contributed by atoms with E-state index in [4.69, 9.17) is 4.74 Å². The Hall–Kier alpha value is -1.15. The summed E-state index contributed by atoms with van der Waals surface area (Å²) in [6, 6.07) is 6.42. The zero-order chi connectivity index (χ0) is 11.3. The molecule has 0 spiro atoms. The van der Waals surface area contributed by atoms with E-state index in [9.17, 15) is 0 Å². The van der Waals surface area contributed by atoms with Crippen LogP contribution in [0.3, 0.4) is 0 Å². The quantitative estimate of drug-likeness (QED) is 0.419. The smallest absolute Gasteiger partial charge is 0.252 e. The Morgan fingerprint density at radius 2 is 2.13 bits per heavy atom. The van der Waals surface area contributed by atoms with Gasteiger partial charge < -0.3 is 4.74 Å². The van der Waals surface area contributed by atoms with Crippen molar-refractivity contribution in [2.75, 3.05) is 13.8 Å². The minimum atomic E-state index is 0.606. The van der Waals surface area contributed by atoms with Crippen LogP contribution in [0.2, 0.25) is 0 Å². The third-order valence-electron chi connectivity index (χ3n) is 2.57. The summed E-state index contributed by atoms with van der Waals surface area (Å²) >= 11 is 0. The number of rotatable bonds is 4. The molecule has 0 N–H and O–H groups in total. The average molecular weight is 206 g/mol. The Bertz CT molecular complexity index is 356. The molecule has 82 valence electrons. The molecule has 15 heavy (non-hydrogen) atoms. The Morgan fingerprint density at radius 1 is 1.40 bits per heavy atom. The zero-order valence-corrected chi connectivity index (χ0v) is 10.1. The molecule has 1 aromatic rings. The Morgan fingerprint density at radius 3 is 2.67 bits per heavy atom. The SMILES string of the molecule is CC=[N+](COC)c1c(C)cccc1CC. The highest BCUT2D eigenvalue weighted by Crippen LogP contribution is 2.23. The van der Waals surface area contributed by atoms with E-state index in [0.717, 1.165) is 6.42 Å². The monoisotopic (exact) mass is 206 g/mol. The van der Waals surface area contributed by atoms with E-state index in [0.29, 0.717) is 6.73 Å². The fraction of sp³-hybridized carbons (Fsp3) is 0.462. The van der Waals surface area contributed by atoms with Crippen molar-refractivity contribution < 1.29 is 9.31 Å². The van der Waals surface area contributed by atoms with Crippen LogP contribution < -0.4 is 0 Å². The zero-order valence-electron chi connectivity index (χ0n) is 10.1. The summed E-state index contributed by atoms with van der Waals surface area (Å²) < 4.78 is 7.35. The third-order valence-corrected chi connectivity index (χ3v) is 2.57. The maximum atomic E-state index is 5.20. The summed E-state index contributed by atoms with van der Waals surface area (Å²) in [5.74, 6) is 0. The summed E-state index contributed by atoms with van der Waals surface area (Å²) in [7, 11) is 1.72. The molecule has 0 heterocycles. The van der Waals surface area contributed by atoms with Gasteiger partial charge in [0.1, 0.15) is 6.21 Å². The van der Waals surface area contributed by atoms with Crippen LogP contribution in [0.25, 0.3) is 0 Å². The molecule has 0 atom stereocenters. The minimum absolute atomic E-state index is 0.606. The molecule has 0 aliphatic rings. The van der Waals surface area contributed by atoms with Crippen LogP contribution >= 0.6 is 0 Å². The van der Waals surface area contributed by atoms with Crippen molar-refractivity contribution in [2.45, 2.75) is 27.2 Å². The predicted molar refractivity (Wildman–Crippen MR) is 64.1 cm³/mol. The molecule has 0 fully saturated rings. The Balaban J connectivity index is 3.21. The van der Waals surface area contributed by atoms with Crippen LogP contribution in [0.5, 0.6) is 0 Å². The van der Waals surface area contributed by atoms with Gasteiger partial charge in [-0.15, -0.1) is 0 Å². The summed E-state index contributed by atoms with van der Waals surface area (Å²) in [5, 5.41) is 0. The lowest BCUT2D eigenvalue weighted by molar-refractivity contribution is -0.485. The van der Waals surface area contributed by atoms with Gasteiger partial charge in [-0.1, -0.05) is 25.1 Å². The summed E-state index contributed by atoms with van der Waals surface area (Å²) in [5.41, 5.74) is 3.94. The molecule has 0 bridgehead atoms. The fourth-order valence-electron chi connectivity index (χ4n) is 1.82. The molecule has 0 saturated heterocycles. The van der Waals surface area contributed by atoms with E-state index < -0.39 is 0 Å². The maximum Gasteiger partial charge on any atom is 0.252 e. The largest absolute Gasteiger partial charge is 0.327 e. The van der Waals surface area contributed by atoms with Gasteiger partial charge in [-0.25, -0.2) is 0 Å². The van der Waals surface area contributed by atoms with E-state index in [2.05, 4.69) is 42.8 Å². The lowest BCUT2D eigenvalue weighted by Gasteiger charge is -2.08. The molecular weight excluding hydrogens is 186 g/mol. The van der Waals surface area contributed by atoms with Gasteiger partial charge in [-0.2, -0.15) is 4.58 Å². The first-order valence-corrected chi connectivity index (χ1v) is 5.38. The number of aryl methyl sites for hydroxylation is 2. The van der Waals surface area contributed by atoms with Gasteiger partial charge in [-0.3, -0.25) is 0 Å². The van der Waals surface area contributed by atoms with Crippen LogP contribution in [0.1, 0.15) is 25.0 Å². The molecule has 1 rings (SSSR count). The molecule has 0 aromatic heterocycles. The number of benzene rings is 1. The van der Waals surface area contributed by atoms with Crippen molar-refractivity contribution in [2.24, 2.45) is 0 Å². The number of para-hydroxylation sites is 1. The summed E-state index contributed by atoms with van der Waals surface area (Å²) in [6.45, 7) is 6.96. The standard InChI is InChI=1S/C13H20NO/c1-5-12-9-7-8-11(3)13(12)14(6-2)10-15-4/h6-9H,5,10H2,1-4H3/q+1. The van der Waals surface area contributed by atoms with Crippen molar-refractivity contribution in [3.63, 3.8) is 0 Å².